The first-order valence-corrected chi connectivity index (χ1v) is 18.7. The van der Waals surface area contributed by atoms with Crippen LogP contribution in [0.4, 0.5) is 0 Å². The maximum atomic E-state index is 2.44. The van der Waals surface area contributed by atoms with Gasteiger partial charge in [-0.25, -0.2) is 0 Å². The second kappa shape index (κ2) is 10.9. The van der Waals surface area contributed by atoms with Gasteiger partial charge in [0.05, 0.1) is 0 Å². The summed E-state index contributed by atoms with van der Waals surface area (Å²) in [6.07, 6.45) is 0. The number of thiophene rings is 2. The Labute approximate surface area is 297 Å². The third kappa shape index (κ3) is 4.04. The number of fused-ring (bicyclic) bond motifs is 11. The molecule has 0 saturated carbocycles. The van der Waals surface area contributed by atoms with Crippen molar-refractivity contribution in [1.29, 1.82) is 0 Å². The van der Waals surface area contributed by atoms with Crippen molar-refractivity contribution < 1.29 is 0 Å². The zero-order valence-electron chi connectivity index (χ0n) is 27.0. The molecule has 0 radical (unpaired) electrons. The number of benzene rings is 9. The Hall–Kier alpha value is -5.80. The smallest absolute Gasteiger partial charge is 0.0368 e. The molecule has 0 aliphatic rings. The van der Waals surface area contributed by atoms with E-state index in [-0.39, 0.29) is 0 Å². The lowest BCUT2D eigenvalue weighted by molar-refractivity contribution is 1.64. The third-order valence-corrected chi connectivity index (χ3v) is 12.7. The highest BCUT2D eigenvalue weighted by Crippen LogP contribution is 2.49. The van der Waals surface area contributed by atoms with Gasteiger partial charge in [-0.2, -0.15) is 0 Å². The summed E-state index contributed by atoms with van der Waals surface area (Å²) in [4.78, 5) is 0. The van der Waals surface area contributed by atoms with Crippen molar-refractivity contribution in [2.24, 2.45) is 0 Å². The fraction of sp³-hybridized carbons (Fsp3) is 0. The molecule has 2 heteroatoms. The van der Waals surface area contributed by atoms with Crippen molar-refractivity contribution in [1.82, 2.24) is 0 Å². The standard InChI is InChI=1S/C48H28S2/c1-2-12-30(13-3-1)44-34-16-6-8-18-36(34)45(37-19-9-7-17-35(37)44)31-24-22-29(23-25-31)39-28-43-46(33-15-5-4-14-32(33)39)48-42(50-43)27-26-41-47(48)38-20-10-11-21-40(38)49-41/h1-28H. The fourth-order valence-corrected chi connectivity index (χ4v) is 10.6. The normalized spacial score (nSPS) is 12.0. The Morgan fingerprint density at radius 3 is 1.34 bits per heavy atom. The molecule has 11 aromatic rings. The van der Waals surface area contributed by atoms with E-state index in [0.717, 1.165) is 0 Å². The van der Waals surface area contributed by atoms with Crippen LogP contribution in [0.3, 0.4) is 0 Å². The van der Waals surface area contributed by atoms with Gasteiger partial charge in [0.1, 0.15) is 0 Å². The first kappa shape index (κ1) is 28.1. The van der Waals surface area contributed by atoms with Crippen LogP contribution < -0.4 is 0 Å². The van der Waals surface area contributed by atoms with Gasteiger partial charge in [0.2, 0.25) is 0 Å². The van der Waals surface area contributed by atoms with E-state index in [4.69, 9.17) is 0 Å². The molecule has 0 atom stereocenters. The average Bonchev–Trinajstić information content (AvgIpc) is 3.75. The van der Waals surface area contributed by atoms with Gasteiger partial charge in [0.25, 0.3) is 0 Å². The first-order valence-electron chi connectivity index (χ1n) is 17.1. The first-order chi connectivity index (χ1) is 24.8. The van der Waals surface area contributed by atoms with Crippen LogP contribution in [0.15, 0.2) is 170 Å². The molecule has 11 rings (SSSR count). The zero-order valence-corrected chi connectivity index (χ0v) is 28.6. The van der Waals surface area contributed by atoms with Crippen LogP contribution in [0.2, 0.25) is 0 Å². The lowest BCUT2D eigenvalue weighted by Gasteiger charge is -2.18. The van der Waals surface area contributed by atoms with Crippen molar-refractivity contribution in [3.8, 4) is 33.4 Å². The SMILES string of the molecule is c1ccc(-c2c3ccccc3c(-c3ccc(-c4cc5sc6ccc7sc8ccccc8c7c6c5c5ccccc45)cc3)c3ccccc23)cc1. The minimum Gasteiger partial charge on any atom is -0.135 e. The molecule has 0 aliphatic heterocycles. The van der Waals surface area contributed by atoms with Gasteiger partial charge in [-0.1, -0.05) is 146 Å². The van der Waals surface area contributed by atoms with Crippen LogP contribution in [-0.2, 0) is 0 Å². The van der Waals surface area contributed by atoms with Gasteiger partial charge in [0.15, 0.2) is 0 Å². The fourth-order valence-electron chi connectivity index (χ4n) is 8.35. The molecule has 0 N–H and O–H groups in total. The van der Waals surface area contributed by atoms with Crippen LogP contribution in [0.1, 0.15) is 0 Å². The van der Waals surface area contributed by atoms with E-state index in [1.807, 2.05) is 22.7 Å². The maximum Gasteiger partial charge on any atom is 0.0368 e. The molecule has 0 fully saturated rings. The summed E-state index contributed by atoms with van der Waals surface area (Å²) in [5.41, 5.74) is 7.60. The molecule has 2 heterocycles. The Morgan fingerprint density at radius 2 is 0.700 bits per heavy atom. The third-order valence-electron chi connectivity index (χ3n) is 10.5. The summed E-state index contributed by atoms with van der Waals surface area (Å²) in [6, 6.07) is 62.9. The second-order valence-corrected chi connectivity index (χ2v) is 15.3. The van der Waals surface area contributed by atoms with Crippen LogP contribution in [-0.4, -0.2) is 0 Å². The molecule has 50 heavy (non-hydrogen) atoms. The highest BCUT2D eigenvalue weighted by atomic mass is 32.1. The highest BCUT2D eigenvalue weighted by molar-refractivity contribution is 7.28. The molecule has 0 spiro atoms. The molecule has 0 nitrogen and oxygen atoms in total. The zero-order chi connectivity index (χ0) is 32.8. The Bertz CT molecular complexity index is 3070. The van der Waals surface area contributed by atoms with Crippen molar-refractivity contribution in [2.45, 2.75) is 0 Å². The van der Waals surface area contributed by atoms with E-state index in [1.54, 1.807) is 0 Å². The topological polar surface area (TPSA) is 0 Å². The second-order valence-electron chi connectivity index (χ2n) is 13.1. The van der Waals surface area contributed by atoms with E-state index in [0.29, 0.717) is 0 Å². The Kier molecular flexibility index (Phi) is 6.09. The van der Waals surface area contributed by atoms with E-state index in [1.165, 1.54) is 106 Å². The van der Waals surface area contributed by atoms with Gasteiger partial charge in [-0.15, -0.1) is 22.7 Å². The molecule has 232 valence electrons. The lowest BCUT2D eigenvalue weighted by Crippen LogP contribution is -1.91. The Morgan fingerprint density at radius 1 is 0.260 bits per heavy atom. The minimum atomic E-state index is 1.24. The van der Waals surface area contributed by atoms with E-state index in [9.17, 15) is 0 Å². The predicted octanol–water partition coefficient (Wildman–Crippen LogP) is 14.9. The monoisotopic (exact) mass is 668 g/mol. The molecule has 9 aromatic carbocycles. The largest absolute Gasteiger partial charge is 0.135 e. The average molecular weight is 669 g/mol. The summed E-state index contributed by atoms with van der Waals surface area (Å²) in [7, 11) is 0. The molecular weight excluding hydrogens is 641 g/mol. The van der Waals surface area contributed by atoms with Crippen LogP contribution >= 0.6 is 22.7 Å². The maximum absolute atomic E-state index is 2.44. The molecule has 0 saturated heterocycles. The molecular formula is C48H28S2. The predicted molar refractivity (Wildman–Crippen MR) is 221 cm³/mol. The molecule has 0 unspecified atom stereocenters. The summed E-state index contributed by atoms with van der Waals surface area (Å²) in [5, 5.41) is 13.3. The minimum absolute atomic E-state index is 1.24. The van der Waals surface area contributed by atoms with E-state index >= 15 is 0 Å². The molecule has 0 aliphatic carbocycles. The Balaban J connectivity index is 1.13. The molecule has 0 bridgehead atoms. The highest BCUT2D eigenvalue weighted by Gasteiger charge is 2.19. The number of hydrogen-bond donors (Lipinski definition) is 0. The number of rotatable bonds is 3. The summed E-state index contributed by atoms with van der Waals surface area (Å²) in [6.45, 7) is 0. The molecule has 2 aromatic heterocycles. The summed E-state index contributed by atoms with van der Waals surface area (Å²) in [5.74, 6) is 0. The van der Waals surface area contributed by atoms with Gasteiger partial charge < -0.3 is 0 Å². The number of hydrogen-bond acceptors (Lipinski definition) is 2. The van der Waals surface area contributed by atoms with Crippen LogP contribution in [0, 0.1) is 0 Å². The van der Waals surface area contributed by atoms with Crippen LogP contribution in [0.5, 0.6) is 0 Å². The van der Waals surface area contributed by atoms with Crippen LogP contribution in [0.25, 0.3) is 106 Å². The van der Waals surface area contributed by atoms with Crippen molar-refractivity contribution in [3.05, 3.63) is 170 Å². The van der Waals surface area contributed by atoms with Crippen molar-refractivity contribution in [3.63, 3.8) is 0 Å². The van der Waals surface area contributed by atoms with Gasteiger partial charge in [0, 0.05) is 40.3 Å². The van der Waals surface area contributed by atoms with E-state index < -0.39 is 0 Å². The lowest BCUT2D eigenvalue weighted by atomic mass is 9.85. The van der Waals surface area contributed by atoms with Crippen molar-refractivity contribution >= 4 is 95.3 Å². The summed E-state index contributed by atoms with van der Waals surface area (Å²) >= 11 is 3.82. The molecule has 0 amide bonds. The summed E-state index contributed by atoms with van der Waals surface area (Å²) < 4.78 is 5.41. The van der Waals surface area contributed by atoms with E-state index in [2.05, 4.69) is 170 Å². The quantitative estimate of drug-likeness (QED) is 0.164. The van der Waals surface area contributed by atoms with Gasteiger partial charge in [-0.05, 0) is 90.0 Å². The van der Waals surface area contributed by atoms with Crippen molar-refractivity contribution in [2.75, 3.05) is 0 Å². The van der Waals surface area contributed by atoms with Gasteiger partial charge in [-0.3, -0.25) is 0 Å². The van der Waals surface area contributed by atoms with Gasteiger partial charge >= 0.3 is 0 Å².